The quantitative estimate of drug-likeness (QED) is 0.545. The van der Waals surface area contributed by atoms with Gasteiger partial charge in [0.05, 0.1) is 6.10 Å². The molecule has 16 heavy (non-hydrogen) atoms. The summed E-state index contributed by atoms with van der Waals surface area (Å²) in [7, 11) is 2.05. The van der Waals surface area contributed by atoms with Crippen LogP contribution in [-0.4, -0.2) is 25.8 Å². The third-order valence-electron chi connectivity index (χ3n) is 3.15. The smallest absolute Gasteiger partial charge is 0.0725 e. The summed E-state index contributed by atoms with van der Waals surface area (Å²) < 4.78 is 5.98. The van der Waals surface area contributed by atoms with Crippen LogP contribution in [0.5, 0.6) is 0 Å². The van der Waals surface area contributed by atoms with Crippen molar-refractivity contribution in [1.82, 2.24) is 5.32 Å². The number of nitrogens with one attached hydrogen (secondary N) is 1. The van der Waals surface area contributed by atoms with Gasteiger partial charge in [0.2, 0.25) is 0 Å². The minimum atomic E-state index is 0.395. The molecule has 0 saturated heterocycles. The van der Waals surface area contributed by atoms with Crippen LogP contribution in [0.25, 0.3) is 0 Å². The predicted molar refractivity (Wildman–Crippen MR) is 71.9 cm³/mol. The minimum absolute atomic E-state index is 0.395. The van der Waals surface area contributed by atoms with Crippen LogP contribution in [0.1, 0.15) is 65.7 Å². The summed E-state index contributed by atoms with van der Waals surface area (Å²) in [6, 6.07) is 0.529. The monoisotopic (exact) mass is 229 g/mol. The van der Waals surface area contributed by atoms with Gasteiger partial charge in [0, 0.05) is 12.6 Å². The normalized spacial score (nSPS) is 15.0. The Bertz CT molecular complexity index is 139. The Morgan fingerprint density at radius 1 is 1.00 bits per heavy atom. The zero-order valence-electron chi connectivity index (χ0n) is 11.7. The Hall–Kier alpha value is -0.0800. The number of hydrogen-bond donors (Lipinski definition) is 1. The van der Waals surface area contributed by atoms with Crippen LogP contribution in [0.4, 0.5) is 0 Å². The van der Waals surface area contributed by atoms with Crippen LogP contribution in [0.2, 0.25) is 0 Å². The third kappa shape index (κ3) is 7.24. The van der Waals surface area contributed by atoms with Crippen molar-refractivity contribution in [2.45, 2.75) is 77.9 Å². The van der Waals surface area contributed by atoms with Crippen LogP contribution >= 0.6 is 0 Å². The molecule has 98 valence electrons. The second-order valence-corrected chi connectivity index (χ2v) is 4.56. The van der Waals surface area contributed by atoms with Crippen LogP contribution in [0.3, 0.4) is 0 Å². The van der Waals surface area contributed by atoms with Gasteiger partial charge in [-0.25, -0.2) is 0 Å². The van der Waals surface area contributed by atoms with E-state index >= 15 is 0 Å². The molecule has 0 aliphatic carbocycles. The lowest BCUT2D eigenvalue weighted by Gasteiger charge is -2.26. The highest BCUT2D eigenvalue weighted by Gasteiger charge is 2.17. The average Bonchev–Trinajstić information content (AvgIpc) is 2.31. The van der Waals surface area contributed by atoms with E-state index in [-0.39, 0.29) is 0 Å². The lowest BCUT2D eigenvalue weighted by Crippen LogP contribution is -2.39. The highest BCUT2D eigenvalue weighted by molar-refractivity contribution is 4.74. The van der Waals surface area contributed by atoms with Gasteiger partial charge in [0.15, 0.2) is 0 Å². The molecular formula is C14H31NO. The van der Waals surface area contributed by atoms with E-state index in [9.17, 15) is 0 Å². The topological polar surface area (TPSA) is 21.3 Å². The molecule has 0 aromatic heterocycles. The molecule has 0 radical (unpaired) electrons. The molecular weight excluding hydrogens is 198 g/mol. The Kier molecular flexibility index (Phi) is 11.3. The van der Waals surface area contributed by atoms with Crippen LogP contribution in [-0.2, 0) is 4.74 Å². The van der Waals surface area contributed by atoms with Crippen LogP contribution in [0, 0.1) is 0 Å². The van der Waals surface area contributed by atoms with Crippen molar-refractivity contribution in [3.05, 3.63) is 0 Å². The number of hydrogen-bond acceptors (Lipinski definition) is 2. The molecule has 0 fully saturated rings. The van der Waals surface area contributed by atoms with Crippen molar-refractivity contribution in [2.24, 2.45) is 0 Å². The maximum absolute atomic E-state index is 5.98. The van der Waals surface area contributed by atoms with Gasteiger partial charge < -0.3 is 10.1 Å². The lowest BCUT2D eigenvalue weighted by atomic mass is 10.0. The van der Waals surface area contributed by atoms with Gasteiger partial charge in [0.1, 0.15) is 0 Å². The zero-order chi connectivity index (χ0) is 12.2. The molecule has 2 unspecified atom stereocenters. The van der Waals surface area contributed by atoms with E-state index in [0.717, 1.165) is 13.0 Å². The molecule has 2 atom stereocenters. The maximum Gasteiger partial charge on any atom is 0.0725 e. The molecule has 0 bridgehead atoms. The van der Waals surface area contributed by atoms with Gasteiger partial charge >= 0.3 is 0 Å². The highest BCUT2D eigenvalue weighted by Crippen LogP contribution is 2.11. The van der Waals surface area contributed by atoms with Crippen LogP contribution < -0.4 is 5.32 Å². The van der Waals surface area contributed by atoms with E-state index < -0.39 is 0 Å². The molecule has 0 aromatic carbocycles. The average molecular weight is 229 g/mol. The first-order valence-electron chi connectivity index (χ1n) is 7.08. The second-order valence-electron chi connectivity index (χ2n) is 4.56. The van der Waals surface area contributed by atoms with Crippen molar-refractivity contribution in [2.75, 3.05) is 13.7 Å². The molecule has 0 aliphatic heterocycles. The molecule has 0 aliphatic rings. The molecule has 2 heteroatoms. The summed E-state index contributed by atoms with van der Waals surface area (Å²) >= 11 is 0. The van der Waals surface area contributed by atoms with E-state index in [1.807, 2.05) is 7.05 Å². The molecule has 2 nitrogen and oxygen atoms in total. The van der Waals surface area contributed by atoms with E-state index in [1.54, 1.807) is 0 Å². The lowest BCUT2D eigenvalue weighted by molar-refractivity contribution is 0.0213. The Morgan fingerprint density at radius 2 is 1.75 bits per heavy atom. The minimum Gasteiger partial charge on any atom is -0.377 e. The fourth-order valence-electron chi connectivity index (χ4n) is 2.11. The Morgan fingerprint density at radius 3 is 2.25 bits per heavy atom. The molecule has 0 rings (SSSR count). The van der Waals surface area contributed by atoms with E-state index in [2.05, 4.69) is 26.1 Å². The van der Waals surface area contributed by atoms with Gasteiger partial charge in [-0.1, -0.05) is 46.5 Å². The second kappa shape index (κ2) is 11.4. The van der Waals surface area contributed by atoms with Crippen molar-refractivity contribution in [1.29, 1.82) is 0 Å². The van der Waals surface area contributed by atoms with Gasteiger partial charge in [-0.2, -0.15) is 0 Å². The molecule has 0 heterocycles. The van der Waals surface area contributed by atoms with Gasteiger partial charge in [-0.05, 0) is 26.3 Å². The van der Waals surface area contributed by atoms with Crippen molar-refractivity contribution >= 4 is 0 Å². The summed E-state index contributed by atoms with van der Waals surface area (Å²) in [5.41, 5.74) is 0. The first-order chi connectivity index (χ1) is 7.79. The fraction of sp³-hybridized carbons (Fsp3) is 1.00. The predicted octanol–water partition coefficient (Wildman–Crippen LogP) is 3.75. The van der Waals surface area contributed by atoms with Crippen molar-refractivity contribution in [3.63, 3.8) is 0 Å². The van der Waals surface area contributed by atoms with E-state index in [4.69, 9.17) is 4.74 Å². The van der Waals surface area contributed by atoms with Crippen molar-refractivity contribution < 1.29 is 4.74 Å². The molecule has 0 spiro atoms. The first-order valence-corrected chi connectivity index (χ1v) is 7.08. The summed E-state index contributed by atoms with van der Waals surface area (Å²) in [5.74, 6) is 0. The summed E-state index contributed by atoms with van der Waals surface area (Å²) in [6.07, 6.45) is 9.10. The standard InChI is InChI=1S/C14H31NO/c1-5-8-9-10-12-16-14(7-3)13(15-4)11-6-2/h13-15H,5-12H2,1-4H3. The number of ether oxygens (including phenoxy) is 1. The largest absolute Gasteiger partial charge is 0.377 e. The first kappa shape index (κ1) is 15.9. The summed E-state index contributed by atoms with van der Waals surface area (Å²) in [5, 5.41) is 3.38. The SMILES string of the molecule is CCCCCCOC(CC)C(CCC)NC. The molecule has 1 N–H and O–H groups in total. The van der Waals surface area contributed by atoms with E-state index in [1.165, 1.54) is 38.5 Å². The summed E-state index contributed by atoms with van der Waals surface area (Å²) in [6.45, 7) is 7.63. The number of unbranched alkanes of at least 4 members (excludes halogenated alkanes) is 3. The Balaban J connectivity index is 3.70. The zero-order valence-corrected chi connectivity index (χ0v) is 11.7. The van der Waals surface area contributed by atoms with Crippen LogP contribution in [0.15, 0.2) is 0 Å². The fourth-order valence-corrected chi connectivity index (χ4v) is 2.11. The Labute approximate surface area is 102 Å². The molecule has 0 saturated carbocycles. The molecule has 0 amide bonds. The number of rotatable bonds is 11. The maximum atomic E-state index is 5.98. The van der Waals surface area contributed by atoms with Gasteiger partial charge in [0.25, 0.3) is 0 Å². The third-order valence-corrected chi connectivity index (χ3v) is 3.15. The van der Waals surface area contributed by atoms with Crippen molar-refractivity contribution in [3.8, 4) is 0 Å². The summed E-state index contributed by atoms with van der Waals surface area (Å²) in [4.78, 5) is 0. The number of likely N-dealkylation sites (N-methyl/N-ethyl adjacent to an activating group) is 1. The highest BCUT2D eigenvalue weighted by atomic mass is 16.5. The van der Waals surface area contributed by atoms with Gasteiger partial charge in [-0.15, -0.1) is 0 Å². The molecule has 0 aromatic rings. The van der Waals surface area contributed by atoms with Gasteiger partial charge in [-0.3, -0.25) is 0 Å². The van der Waals surface area contributed by atoms with E-state index in [0.29, 0.717) is 12.1 Å².